The number of carbonyl (C=O) groups excluding carboxylic acids is 2. The maximum atomic E-state index is 12.4. The molecule has 4 N–H and O–H groups in total. The predicted molar refractivity (Wildman–Crippen MR) is 159 cm³/mol. The van der Waals surface area contributed by atoms with E-state index in [1.54, 1.807) is 20.8 Å². The average molecular weight is 604 g/mol. The van der Waals surface area contributed by atoms with E-state index in [0.29, 0.717) is 42.3 Å². The molecule has 0 fully saturated rings. The molecule has 2 aromatic heterocycles. The number of hydrogen-bond acceptors (Lipinski definition) is 10. The van der Waals surface area contributed by atoms with Gasteiger partial charge in [-0.05, 0) is 49.3 Å². The molecule has 1 aliphatic carbocycles. The first-order valence-electron chi connectivity index (χ1n) is 15.0. The lowest BCUT2D eigenvalue weighted by Gasteiger charge is -2.37. The summed E-state index contributed by atoms with van der Waals surface area (Å²) in [4.78, 5) is 38.0. The molecule has 2 amide bonds. The third-order valence-electron chi connectivity index (χ3n) is 8.80. The van der Waals surface area contributed by atoms with Crippen molar-refractivity contribution in [3.63, 3.8) is 0 Å². The van der Waals surface area contributed by atoms with Crippen molar-refractivity contribution in [2.24, 2.45) is 22.7 Å². The number of hydrogen-bond donors (Lipinski definition) is 4. The quantitative estimate of drug-likeness (QED) is 0.240. The average Bonchev–Trinajstić information content (AvgIpc) is 3.77. The van der Waals surface area contributed by atoms with Crippen LogP contribution in [0.1, 0.15) is 68.6 Å². The van der Waals surface area contributed by atoms with Gasteiger partial charge in [-0.1, -0.05) is 39.0 Å². The van der Waals surface area contributed by atoms with E-state index >= 15 is 0 Å². The molecule has 4 heterocycles. The first-order valence-corrected chi connectivity index (χ1v) is 15.0. The minimum absolute atomic E-state index is 0.143. The molecular formula is C32H37N5O7. The van der Waals surface area contributed by atoms with Crippen LogP contribution in [0.4, 0.5) is 0 Å². The van der Waals surface area contributed by atoms with E-state index in [1.807, 2.05) is 18.2 Å². The molecule has 12 heteroatoms. The van der Waals surface area contributed by atoms with Gasteiger partial charge in [0.2, 0.25) is 30.3 Å². The van der Waals surface area contributed by atoms with Gasteiger partial charge >= 0.3 is 0 Å². The number of aromatic nitrogens is 2. The van der Waals surface area contributed by atoms with Crippen molar-refractivity contribution in [3.05, 3.63) is 65.1 Å². The molecule has 3 aromatic rings. The zero-order valence-corrected chi connectivity index (χ0v) is 25.1. The van der Waals surface area contributed by atoms with Gasteiger partial charge in [-0.2, -0.15) is 0 Å². The Bertz CT molecular complexity index is 1620. The summed E-state index contributed by atoms with van der Waals surface area (Å²) in [5.74, 6) is 0.987. The summed E-state index contributed by atoms with van der Waals surface area (Å²) < 4.78 is 18.9. The van der Waals surface area contributed by atoms with Crippen LogP contribution in [0.3, 0.4) is 0 Å². The molecule has 3 aliphatic rings. The lowest BCUT2D eigenvalue weighted by molar-refractivity contribution is -0.131. The Morgan fingerprint density at radius 2 is 2.07 bits per heavy atom. The van der Waals surface area contributed by atoms with Gasteiger partial charge in [0.1, 0.15) is 35.3 Å². The lowest BCUT2D eigenvalue weighted by atomic mass is 9.61. The van der Waals surface area contributed by atoms with Gasteiger partial charge in [-0.15, -0.1) is 0 Å². The summed E-state index contributed by atoms with van der Waals surface area (Å²) in [5, 5.41) is 25.4. The van der Waals surface area contributed by atoms with Crippen LogP contribution in [0.2, 0.25) is 0 Å². The number of oxazole rings is 2. The second kappa shape index (κ2) is 11.7. The molecule has 232 valence electrons. The summed E-state index contributed by atoms with van der Waals surface area (Å²) in [7, 11) is 0. The van der Waals surface area contributed by atoms with Crippen LogP contribution in [0.5, 0.6) is 5.75 Å². The Hall–Kier alpha value is -4.29. The molecule has 0 saturated heterocycles. The Morgan fingerprint density at radius 3 is 2.80 bits per heavy atom. The highest BCUT2D eigenvalue weighted by Crippen LogP contribution is 2.60. The number of nitrogens with zero attached hydrogens (tertiary/aromatic N) is 3. The molecule has 44 heavy (non-hydrogen) atoms. The van der Waals surface area contributed by atoms with Crippen LogP contribution in [0.25, 0.3) is 11.6 Å². The molecule has 0 radical (unpaired) electrons. The second-order valence-electron chi connectivity index (χ2n) is 12.1. The van der Waals surface area contributed by atoms with E-state index in [4.69, 9.17) is 23.5 Å². The fourth-order valence-corrected chi connectivity index (χ4v) is 6.55. The Morgan fingerprint density at radius 1 is 1.25 bits per heavy atom. The van der Waals surface area contributed by atoms with Crippen molar-refractivity contribution in [1.82, 2.24) is 20.6 Å². The fourth-order valence-electron chi connectivity index (χ4n) is 6.55. The molecule has 1 aromatic carbocycles. The van der Waals surface area contributed by atoms with Crippen molar-refractivity contribution in [2.45, 2.75) is 70.9 Å². The van der Waals surface area contributed by atoms with Crippen LogP contribution in [-0.2, 0) is 28.0 Å². The maximum Gasteiger partial charge on any atom is 0.249 e. The van der Waals surface area contributed by atoms with Gasteiger partial charge in [0.25, 0.3) is 0 Å². The van der Waals surface area contributed by atoms with Crippen LogP contribution >= 0.6 is 0 Å². The van der Waals surface area contributed by atoms with E-state index in [1.165, 1.54) is 6.26 Å². The first kappa shape index (κ1) is 29.8. The summed E-state index contributed by atoms with van der Waals surface area (Å²) >= 11 is 0. The first-order chi connectivity index (χ1) is 21.2. The zero-order valence-electron chi connectivity index (χ0n) is 25.1. The predicted octanol–water partition coefficient (Wildman–Crippen LogP) is 2.98. The number of aliphatic imine (C=N–C) groups is 1. The van der Waals surface area contributed by atoms with Crippen molar-refractivity contribution in [3.8, 4) is 17.3 Å². The number of rotatable bonds is 11. The molecule has 12 nitrogen and oxygen atoms in total. The van der Waals surface area contributed by atoms with Gasteiger partial charge in [-0.3, -0.25) is 9.59 Å². The maximum absolute atomic E-state index is 12.4. The van der Waals surface area contributed by atoms with Crippen LogP contribution in [0.15, 0.2) is 50.4 Å². The third-order valence-corrected chi connectivity index (χ3v) is 8.80. The minimum Gasteiger partial charge on any atom is -0.467 e. The number of ether oxygens (including phenoxy) is 1. The molecule has 2 aliphatic heterocycles. The summed E-state index contributed by atoms with van der Waals surface area (Å²) in [5.41, 5.74) is 2.46. The second-order valence-corrected chi connectivity index (χ2v) is 12.1. The number of nitrogens with one attached hydrogen (secondary N) is 2. The number of aliphatic hydroxyl groups excluding tert-OH is 2. The van der Waals surface area contributed by atoms with E-state index < -0.39 is 29.7 Å². The fraction of sp³-hybridized carbons (Fsp3) is 0.469. The Balaban J connectivity index is 1.48. The van der Waals surface area contributed by atoms with E-state index in [2.05, 4.69) is 34.7 Å². The largest absolute Gasteiger partial charge is 0.467 e. The molecule has 6 atom stereocenters. The highest BCUT2D eigenvalue weighted by Gasteiger charge is 2.65. The van der Waals surface area contributed by atoms with Gasteiger partial charge in [0, 0.05) is 23.7 Å². The van der Waals surface area contributed by atoms with E-state index in [-0.39, 0.29) is 36.1 Å². The molecule has 0 saturated carbocycles. The van der Waals surface area contributed by atoms with Crippen LogP contribution < -0.4 is 15.4 Å². The zero-order chi connectivity index (χ0) is 31.2. The SMILES string of the molecule is CC(NC=O)c1nc(-c2nc(CO)co2)c(C23c4cc(CCNC(=O)C(O)C(C)C)ccc4OC2N=C2C=CCC(C)C23)o1. The van der Waals surface area contributed by atoms with E-state index in [9.17, 15) is 19.8 Å². The molecule has 6 unspecified atom stereocenters. The van der Waals surface area contributed by atoms with Gasteiger partial charge < -0.3 is 34.4 Å². The van der Waals surface area contributed by atoms with Crippen LogP contribution in [-0.4, -0.2) is 57.1 Å². The van der Waals surface area contributed by atoms with Gasteiger partial charge in [0.15, 0.2) is 11.5 Å². The number of allylic oxidation sites excluding steroid dienone is 2. The monoisotopic (exact) mass is 603 g/mol. The van der Waals surface area contributed by atoms with Gasteiger partial charge in [0.05, 0.1) is 6.61 Å². The van der Waals surface area contributed by atoms with Crippen molar-refractivity contribution in [2.75, 3.05) is 6.54 Å². The standard InChI is InChI=1S/C32H37N5O7/c1-16(2)26(40)28(41)33-11-10-19-8-9-23-21(12-19)32(24-17(3)6-5-7-22(24)36-31(32)43-23)27-25(30-35-20(13-38)14-42-30)37-29(44-27)18(4)34-15-39/h5,7-9,12,14-18,24,26,31,38,40H,6,10-11,13H2,1-4H3,(H,33,41)(H,34,39). The summed E-state index contributed by atoms with van der Waals surface area (Å²) in [6.07, 6.45) is 5.73. The lowest BCUT2D eigenvalue weighted by Crippen LogP contribution is -2.45. The smallest absolute Gasteiger partial charge is 0.249 e. The molecule has 6 rings (SSSR count). The number of amides is 2. The Labute approximate surface area is 254 Å². The van der Waals surface area contributed by atoms with Crippen molar-refractivity contribution in [1.29, 1.82) is 0 Å². The number of benzene rings is 1. The Kier molecular flexibility index (Phi) is 7.89. The normalized spacial score (nSPS) is 24.6. The topological polar surface area (TPSA) is 172 Å². The van der Waals surface area contributed by atoms with Crippen LogP contribution in [0, 0.1) is 17.8 Å². The van der Waals surface area contributed by atoms with Gasteiger partial charge in [-0.25, -0.2) is 15.0 Å². The molecule has 0 spiro atoms. The van der Waals surface area contributed by atoms with E-state index in [0.717, 1.165) is 23.3 Å². The number of aliphatic hydroxyl groups is 2. The number of carbonyl (C=O) groups is 2. The summed E-state index contributed by atoms with van der Waals surface area (Å²) in [6.45, 7) is 7.56. The number of fused-ring (bicyclic) bond motifs is 5. The molecular weight excluding hydrogens is 566 g/mol. The highest BCUT2D eigenvalue weighted by atomic mass is 16.5. The molecule has 0 bridgehead atoms. The summed E-state index contributed by atoms with van der Waals surface area (Å²) in [6, 6.07) is 5.39. The van der Waals surface area contributed by atoms with Crippen molar-refractivity contribution >= 4 is 18.0 Å². The minimum atomic E-state index is -1.07. The third kappa shape index (κ3) is 4.82. The van der Waals surface area contributed by atoms with Crippen molar-refractivity contribution < 1.29 is 33.4 Å². The highest BCUT2D eigenvalue weighted by molar-refractivity contribution is 6.02.